The number of nitrogen functional groups attached to an aromatic ring is 1. The van der Waals surface area contributed by atoms with Crippen molar-refractivity contribution < 1.29 is 13.3 Å². The monoisotopic (exact) mass is 315 g/mol. The molecule has 0 radical (unpaired) electrons. The number of aryl methyl sites for hydroxylation is 1. The molecule has 1 rings (SSSR count). The lowest BCUT2D eigenvalue weighted by Crippen LogP contribution is -2.25. The first kappa shape index (κ1) is 17.4. The molecule has 0 unspecified atom stereocenters. The fraction of sp³-hybridized carbons (Fsp3) is 0.538. The molecule has 1 aromatic rings. The Balaban J connectivity index is 2.92. The van der Waals surface area contributed by atoms with Crippen molar-refractivity contribution in [1.29, 1.82) is 0 Å². The molecule has 7 nitrogen and oxygen atoms in total. The third kappa shape index (κ3) is 4.68. The van der Waals surface area contributed by atoms with E-state index in [0.717, 1.165) is 31.7 Å². The minimum atomic E-state index is -3.76. The molecular weight excluding hydrogens is 294 g/mol. The van der Waals surface area contributed by atoms with Crippen LogP contribution < -0.4 is 10.5 Å². The van der Waals surface area contributed by atoms with Gasteiger partial charge in [-0.15, -0.1) is 0 Å². The molecule has 0 bridgehead atoms. The molecule has 0 aromatic heterocycles. The van der Waals surface area contributed by atoms with E-state index in [0.29, 0.717) is 12.1 Å². The number of unbranched alkanes of at least 4 members (excludes halogenated alkanes) is 3. The highest BCUT2D eigenvalue weighted by molar-refractivity contribution is 7.89. The number of rotatable bonds is 8. The molecule has 0 saturated carbocycles. The first-order valence-electron chi connectivity index (χ1n) is 6.83. The SMILES string of the molecule is CCCCCCNS(=O)(=O)c1cc([N+](=O)[O-])c(N)cc1C. The summed E-state index contributed by atoms with van der Waals surface area (Å²) in [6.45, 7) is 3.95. The summed E-state index contributed by atoms with van der Waals surface area (Å²) in [6, 6.07) is 2.32. The van der Waals surface area contributed by atoms with E-state index < -0.39 is 20.6 Å². The molecule has 0 spiro atoms. The van der Waals surface area contributed by atoms with Crippen LogP contribution in [0.5, 0.6) is 0 Å². The van der Waals surface area contributed by atoms with E-state index in [1.807, 2.05) is 0 Å². The normalized spacial score (nSPS) is 11.5. The molecule has 0 fully saturated rings. The average molecular weight is 315 g/mol. The third-order valence-electron chi connectivity index (χ3n) is 3.13. The van der Waals surface area contributed by atoms with Crippen molar-refractivity contribution in [1.82, 2.24) is 4.72 Å². The summed E-state index contributed by atoms with van der Waals surface area (Å²) in [5.41, 5.74) is 5.48. The van der Waals surface area contributed by atoms with Gasteiger partial charge in [0.05, 0.1) is 9.82 Å². The van der Waals surface area contributed by atoms with Gasteiger partial charge < -0.3 is 5.73 Å². The number of benzene rings is 1. The Labute approximate surface area is 124 Å². The molecular formula is C13H21N3O4S. The first-order valence-corrected chi connectivity index (χ1v) is 8.32. The molecule has 0 heterocycles. The van der Waals surface area contributed by atoms with Gasteiger partial charge in [-0.25, -0.2) is 13.1 Å². The van der Waals surface area contributed by atoms with E-state index in [-0.39, 0.29) is 10.6 Å². The number of hydrogen-bond donors (Lipinski definition) is 2. The van der Waals surface area contributed by atoms with Crippen LogP contribution in [0.3, 0.4) is 0 Å². The van der Waals surface area contributed by atoms with Crippen LogP contribution in [0.4, 0.5) is 11.4 Å². The van der Waals surface area contributed by atoms with Gasteiger partial charge >= 0.3 is 0 Å². The molecule has 0 aliphatic heterocycles. The van der Waals surface area contributed by atoms with Gasteiger partial charge in [0.1, 0.15) is 5.69 Å². The standard InChI is InChI=1S/C13H21N3O4S/c1-3-4-5-6-7-15-21(19,20)13-9-12(16(17)18)11(14)8-10(13)2/h8-9,15H,3-7,14H2,1-2H3. The third-order valence-corrected chi connectivity index (χ3v) is 4.74. The molecule has 8 heteroatoms. The van der Waals surface area contributed by atoms with Gasteiger partial charge in [0, 0.05) is 12.6 Å². The predicted octanol–water partition coefficient (Wildman–Crippen LogP) is 2.34. The Bertz CT molecular complexity index is 614. The molecule has 3 N–H and O–H groups in total. The molecule has 0 aliphatic carbocycles. The second-order valence-electron chi connectivity index (χ2n) is 4.89. The lowest BCUT2D eigenvalue weighted by molar-refractivity contribution is -0.384. The van der Waals surface area contributed by atoms with Crippen molar-refractivity contribution in [3.05, 3.63) is 27.8 Å². The molecule has 0 atom stereocenters. The summed E-state index contributed by atoms with van der Waals surface area (Å²) in [4.78, 5) is 10.1. The van der Waals surface area contributed by atoms with Gasteiger partial charge in [0.15, 0.2) is 0 Å². The number of nitrogens with zero attached hydrogens (tertiary/aromatic N) is 1. The van der Waals surface area contributed by atoms with Crippen LogP contribution in [0.15, 0.2) is 17.0 Å². The second kappa shape index (κ2) is 7.37. The minimum Gasteiger partial charge on any atom is -0.393 e. The van der Waals surface area contributed by atoms with Crippen LogP contribution in [-0.4, -0.2) is 19.9 Å². The molecule has 0 aliphatic rings. The topological polar surface area (TPSA) is 115 Å². The Morgan fingerprint density at radius 2 is 1.95 bits per heavy atom. The Morgan fingerprint density at radius 3 is 2.52 bits per heavy atom. The van der Waals surface area contributed by atoms with Crippen molar-refractivity contribution in [3.63, 3.8) is 0 Å². The van der Waals surface area contributed by atoms with Gasteiger partial charge in [-0.2, -0.15) is 0 Å². The van der Waals surface area contributed by atoms with Gasteiger partial charge in [-0.1, -0.05) is 26.2 Å². The van der Waals surface area contributed by atoms with E-state index in [1.165, 1.54) is 6.07 Å². The van der Waals surface area contributed by atoms with Gasteiger partial charge in [0.25, 0.3) is 5.69 Å². The van der Waals surface area contributed by atoms with Crippen molar-refractivity contribution in [2.75, 3.05) is 12.3 Å². The maximum atomic E-state index is 12.2. The Hall–Kier alpha value is -1.67. The molecule has 0 saturated heterocycles. The van der Waals surface area contributed by atoms with E-state index in [2.05, 4.69) is 11.6 Å². The van der Waals surface area contributed by atoms with Crippen molar-refractivity contribution in [2.24, 2.45) is 0 Å². The van der Waals surface area contributed by atoms with E-state index >= 15 is 0 Å². The van der Waals surface area contributed by atoms with E-state index in [1.54, 1.807) is 6.92 Å². The van der Waals surface area contributed by atoms with E-state index in [9.17, 15) is 18.5 Å². The zero-order valence-electron chi connectivity index (χ0n) is 12.3. The smallest absolute Gasteiger partial charge is 0.293 e. The summed E-state index contributed by atoms with van der Waals surface area (Å²) in [7, 11) is -3.76. The first-order chi connectivity index (χ1) is 9.79. The fourth-order valence-electron chi connectivity index (χ4n) is 1.98. The zero-order valence-corrected chi connectivity index (χ0v) is 13.1. The quantitative estimate of drug-likeness (QED) is 0.330. The van der Waals surface area contributed by atoms with Crippen LogP contribution in [-0.2, 0) is 10.0 Å². The summed E-state index contributed by atoms with van der Waals surface area (Å²) in [5.74, 6) is 0. The zero-order chi connectivity index (χ0) is 16.0. The van der Waals surface area contributed by atoms with Crippen LogP contribution >= 0.6 is 0 Å². The lowest BCUT2D eigenvalue weighted by Gasteiger charge is -2.10. The van der Waals surface area contributed by atoms with Gasteiger partial charge in [0.2, 0.25) is 10.0 Å². The summed E-state index contributed by atoms with van der Waals surface area (Å²) < 4.78 is 26.9. The van der Waals surface area contributed by atoms with Gasteiger partial charge in [-0.3, -0.25) is 10.1 Å². The molecule has 1 aromatic carbocycles. The predicted molar refractivity (Wildman–Crippen MR) is 81.6 cm³/mol. The maximum Gasteiger partial charge on any atom is 0.293 e. The van der Waals surface area contributed by atoms with Crippen LogP contribution in [0.2, 0.25) is 0 Å². The fourth-order valence-corrected chi connectivity index (χ4v) is 3.30. The number of anilines is 1. The number of nitro groups is 1. The van der Waals surface area contributed by atoms with Crippen molar-refractivity contribution >= 4 is 21.4 Å². The van der Waals surface area contributed by atoms with Gasteiger partial charge in [-0.05, 0) is 25.0 Å². The van der Waals surface area contributed by atoms with Crippen LogP contribution in [0.25, 0.3) is 0 Å². The molecule has 21 heavy (non-hydrogen) atoms. The second-order valence-corrected chi connectivity index (χ2v) is 6.63. The van der Waals surface area contributed by atoms with Crippen LogP contribution in [0.1, 0.15) is 38.2 Å². The average Bonchev–Trinajstić information content (AvgIpc) is 2.37. The maximum absolute atomic E-state index is 12.2. The number of nitrogens with one attached hydrogen (secondary N) is 1. The summed E-state index contributed by atoms with van der Waals surface area (Å²) >= 11 is 0. The number of nitro benzene ring substituents is 1. The van der Waals surface area contributed by atoms with Crippen molar-refractivity contribution in [3.8, 4) is 0 Å². The summed E-state index contributed by atoms with van der Waals surface area (Å²) in [5, 5.41) is 10.9. The molecule has 118 valence electrons. The Morgan fingerprint density at radius 1 is 1.29 bits per heavy atom. The summed E-state index contributed by atoms with van der Waals surface area (Å²) in [6.07, 6.45) is 3.80. The highest BCUT2D eigenvalue weighted by Gasteiger charge is 2.22. The number of sulfonamides is 1. The number of hydrogen-bond acceptors (Lipinski definition) is 5. The highest BCUT2D eigenvalue weighted by Crippen LogP contribution is 2.28. The lowest BCUT2D eigenvalue weighted by atomic mass is 10.2. The highest BCUT2D eigenvalue weighted by atomic mass is 32.2. The van der Waals surface area contributed by atoms with Crippen LogP contribution in [0, 0.1) is 17.0 Å². The number of nitrogens with two attached hydrogens (primary N) is 1. The molecule has 0 amide bonds. The largest absolute Gasteiger partial charge is 0.393 e. The van der Waals surface area contributed by atoms with Crippen molar-refractivity contribution in [2.45, 2.75) is 44.4 Å². The Kier molecular flexibility index (Phi) is 6.10. The van der Waals surface area contributed by atoms with E-state index in [4.69, 9.17) is 5.73 Å². The minimum absolute atomic E-state index is 0.0422.